The Bertz CT molecular complexity index is 502. The van der Waals surface area contributed by atoms with Crippen molar-refractivity contribution < 1.29 is 0 Å². The third-order valence-corrected chi connectivity index (χ3v) is 3.92. The maximum atomic E-state index is 4.76. The van der Waals surface area contributed by atoms with Crippen LogP contribution in [0.2, 0.25) is 0 Å². The Hall–Kier alpha value is -1.22. The zero-order valence-corrected chi connectivity index (χ0v) is 10.1. The molecule has 16 heavy (non-hydrogen) atoms. The largest absolute Gasteiger partial charge is 0.322 e. The molecule has 0 spiro atoms. The van der Waals surface area contributed by atoms with Crippen molar-refractivity contribution in [2.75, 3.05) is 5.75 Å². The van der Waals surface area contributed by atoms with Gasteiger partial charge in [0, 0.05) is 23.6 Å². The number of hydrogen-bond acceptors (Lipinski definition) is 2. The van der Waals surface area contributed by atoms with Crippen molar-refractivity contribution in [3.63, 3.8) is 0 Å². The number of nitrogens with zero attached hydrogens (tertiary/aromatic N) is 2. The molecule has 0 unspecified atom stereocenters. The van der Waals surface area contributed by atoms with E-state index >= 15 is 0 Å². The quantitative estimate of drug-likeness (QED) is 0.788. The maximum absolute atomic E-state index is 4.76. The zero-order valence-electron chi connectivity index (χ0n) is 9.31. The highest BCUT2D eigenvalue weighted by Gasteiger charge is 2.20. The first-order chi connectivity index (χ1) is 7.90. The Balaban J connectivity index is 2.15. The smallest absolute Gasteiger partial charge is 0.168 e. The van der Waals surface area contributed by atoms with Gasteiger partial charge in [-0.1, -0.05) is 49.0 Å². The van der Waals surface area contributed by atoms with Gasteiger partial charge in [0.2, 0.25) is 0 Å². The lowest BCUT2D eigenvalue weighted by atomic mass is 10.1. The molecule has 0 radical (unpaired) electrons. The van der Waals surface area contributed by atoms with Gasteiger partial charge in [0.05, 0.1) is 5.69 Å². The van der Waals surface area contributed by atoms with Gasteiger partial charge in [-0.25, -0.2) is 4.98 Å². The van der Waals surface area contributed by atoms with Crippen molar-refractivity contribution in [1.29, 1.82) is 0 Å². The average molecular weight is 230 g/mol. The van der Waals surface area contributed by atoms with Crippen molar-refractivity contribution in [3.8, 4) is 11.3 Å². The summed E-state index contributed by atoms with van der Waals surface area (Å²) in [6, 6.07) is 10.5. The molecule has 0 atom stereocenters. The minimum absolute atomic E-state index is 1.05. The molecule has 0 saturated carbocycles. The van der Waals surface area contributed by atoms with Crippen LogP contribution < -0.4 is 0 Å². The number of benzene rings is 1. The molecule has 1 aliphatic rings. The molecular weight excluding hydrogens is 216 g/mol. The van der Waals surface area contributed by atoms with Crippen LogP contribution in [0, 0.1) is 0 Å². The van der Waals surface area contributed by atoms with Crippen LogP contribution in [0.15, 0.2) is 35.5 Å². The second kappa shape index (κ2) is 3.98. The van der Waals surface area contributed by atoms with E-state index in [1.807, 2.05) is 17.8 Å². The van der Waals surface area contributed by atoms with Gasteiger partial charge in [0.15, 0.2) is 5.16 Å². The first kappa shape index (κ1) is 9.97. The lowest BCUT2D eigenvalue weighted by molar-refractivity contribution is 0.682. The van der Waals surface area contributed by atoms with Gasteiger partial charge in [0.25, 0.3) is 0 Å². The first-order valence-corrected chi connectivity index (χ1v) is 6.66. The molecule has 0 saturated heterocycles. The van der Waals surface area contributed by atoms with Crippen molar-refractivity contribution in [2.45, 2.75) is 25.0 Å². The van der Waals surface area contributed by atoms with Crippen LogP contribution in [0.4, 0.5) is 0 Å². The highest BCUT2D eigenvalue weighted by atomic mass is 32.2. The standard InChI is InChI=1S/C13H14N2S/c1-2-11-12(10-6-4-3-5-7-10)14-13-15(11)8-9-16-13/h3-7H,2,8-9H2,1H3. The highest BCUT2D eigenvalue weighted by molar-refractivity contribution is 7.99. The molecule has 1 aromatic heterocycles. The van der Waals surface area contributed by atoms with E-state index in [-0.39, 0.29) is 0 Å². The minimum atomic E-state index is 1.05. The molecule has 82 valence electrons. The van der Waals surface area contributed by atoms with E-state index in [0.29, 0.717) is 0 Å². The van der Waals surface area contributed by atoms with E-state index in [2.05, 4.69) is 35.8 Å². The summed E-state index contributed by atoms with van der Waals surface area (Å²) < 4.78 is 2.37. The van der Waals surface area contributed by atoms with Crippen LogP contribution in [0.1, 0.15) is 12.6 Å². The van der Waals surface area contributed by atoms with Crippen LogP contribution in [0.5, 0.6) is 0 Å². The van der Waals surface area contributed by atoms with Gasteiger partial charge < -0.3 is 4.57 Å². The fourth-order valence-electron chi connectivity index (χ4n) is 2.22. The van der Waals surface area contributed by atoms with Gasteiger partial charge in [-0.15, -0.1) is 0 Å². The average Bonchev–Trinajstić information content (AvgIpc) is 2.89. The normalized spacial score (nSPS) is 14.1. The Morgan fingerprint density at radius 3 is 2.88 bits per heavy atom. The molecule has 0 fully saturated rings. The van der Waals surface area contributed by atoms with Crippen molar-refractivity contribution in [2.24, 2.45) is 0 Å². The molecule has 0 N–H and O–H groups in total. The first-order valence-electron chi connectivity index (χ1n) is 5.67. The number of imidazole rings is 1. The highest BCUT2D eigenvalue weighted by Crippen LogP contribution is 2.33. The predicted molar refractivity (Wildman–Crippen MR) is 67.8 cm³/mol. The summed E-state index contributed by atoms with van der Waals surface area (Å²) in [5.41, 5.74) is 3.79. The van der Waals surface area contributed by atoms with Gasteiger partial charge in [-0.05, 0) is 6.42 Å². The molecule has 0 amide bonds. The number of rotatable bonds is 2. The van der Waals surface area contributed by atoms with Crippen LogP contribution in [0.25, 0.3) is 11.3 Å². The predicted octanol–water partition coefficient (Wildman–Crippen LogP) is 3.22. The van der Waals surface area contributed by atoms with E-state index in [1.54, 1.807) is 0 Å². The molecule has 1 aromatic carbocycles. The monoisotopic (exact) mass is 230 g/mol. The summed E-state index contributed by atoms with van der Waals surface area (Å²) >= 11 is 1.86. The van der Waals surface area contributed by atoms with Crippen molar-refractivity contribution >= 4 is 11.8 Å². The topological polar surface area (TPSA) is 17.8 Å². The lowest BCUT2D eigenvalue weighted by Crippen LogP contribution is -1.99. The molecule has 2 nitrogen and oxygen atoms in total. The van der Waals surface area contributed by atoms with Crippen LogP contribution in [0.3, 0.4) is 0 Å². The second-order valence-electron chi connectivity index (χ2n) is 3.91. The van der Waals surface area contributed by atoms with E-state index in [0.717, 1.165) is 13.0 Å². The second-order valence-corrected chi connectivity index (χ2v) is 4.97. The summed E-state index contributed by atoms with van der Waals surface area (Å²) in [7, 11) is 0. The lowest BCUT2D eigenvalue weighted by Gasteiger charge is -2.04. The van der Waals surface area contributed by atoms with Gasteiger partial charge in [-0.2, -0.15) is 0 Å². The molecular formula is C13H14N2S. The summed E-state index contributed by atoms with van der Waals surface area (Å²) in [5, 5.41) is 1.19. The Kier molecular flexibility index (Phi) is 2.48. The molecule has 2 heterocycles. The third kappa shape index (κ3) is 1.47. The van der Waals surface area contributed by atoms with Crippen molar-refractivity contribution in [1.82, 2.24) is 9.55 Å². The summed E-state index contributed by atoms with van der Waals surface area (Å²) in [5.74, 6) is 1.17. The van der Waals surface area contributed by atoms with E-state index in [4.69, 9.17) is 4.98 Å². The Morgan fingerprint density at radius 1 is 1.31 bits per heavy atom. The Morgan fingerprint density at radius 2 is 2.12 bits per heavy atom. The molecule has 0 bridgehead atoms. The maximum Gasteiger partial charge on any atom is 0.168 e. The molecule has 0 aliphatic carbocycles. The van der Waals surface area contributed by atoms with Gasteiger partial charge >= 0.3 is 0 Å². The summed E-state index contributed by atoms with van der Waals surface area (Å²) in [6.45, 7) is 3.32. The van der Waals surface area contributed by atoms with Crippen LogP contribution >= 0.6 is 11.8 Å². The minimum Gasteiger partial charge on any atom is -0.322 e. The van der Waals surface area contributed by atoms with Crippen molar-refractivity contribution in [3.05, 3.63) is 36.0 Å². The third-order valence-electron chi connectivity index (χ3n) is 2.97. The molecule has 2 aromatic rings. The number of aromatic nitrogens is 2. The Labute approximate surface area is 99.7 Å². The summed E-state index contributed by atoms with van der Waals surface area (Å²) in [6.07, 6.45) is 1.05. The van der Waals surface area contributed by atoms with Gasteiger partial charge in [0.1, 0.15) is 0 Å². The number of thioether (sulfide) groups is 1. The fraction of sp³-hybridized carbons (Fsp3) is 0.308. The number of fused-ring (bicyclic) bond motifs is 1. The van der Waals surface area contributed by atoms with Crippen LogP contribution in [-0.2, 0) is 13.0 Å². The molecule has 3 rings (SSSR count). The SMILES string of the molecule is CCc1c(-c2ccccc2)nc2n1CCS2. The fourth-order valence-corrected chi connectivity index (χ4v) is 3.19. The molecule has 1 aliphatic heterocycles. The zero-order chi connectivity index (χ0) is 11.0. The van der Waals surface area contributed by atoms with E-state index in [1.165, 1.54) is 27.9 Å². The number of hydrogen-bond donors (Lipinski definition) is 0. The van der Waals surface area contributed by atoms with Gasteiger partial charge in [-0.3, -0.25) is 0 Å². The molecule has 3 heteroatoms. The summed E-state index contributed by atoms with van der Waals surface area (Å²) in [4.78, 5) is 4.76. The van der Waals surface area contributed by atoms with E-state index in [9.17, 15) is 0 Å². The van der Waals surface area contributed by atoms with E-state index < -0.39 is 0 Å². The van der Waals surface area contributed by atoms with Crippen LogP contribution in [-0.4, -0.2) is 15.3 Å².